The maximum absolute atomic E-state index is 11.7. The van der Waals surface area contributed by atoms with Gasteiger partial charge in [-0.2, -0.15) is 0 Å². The van der Waals surface area contributed by atoms with Gasteiger partial charge in [0.15, 0.2) is 0 Å². The van der Waals surface area contributed by atoms with E-state index in [1.54, 1.807) is 24.4 Å². The molecule has 0 bridgehead atoms. The summed E-state index contributed by atoms with van der Waals surface area (Å²) in [6.45, 7) is 0.455. The third kappa shape index (κ3) is 4.52. The van der Waals surface area contributed by atoms with Crippen molar-refractivity contribution in [2.24, 2.45) is 0 Å². The van der Waals surface area contributed by atoms with Crippen molar-refractivity contribution in [3.05, 3.63) is 76.1 Å². The Hall–Kier alpha value is -3.02. The van der Waals surface area contributed by atoms with E-state index in [4.69, 9.17) is 0 Å². The van der Waals surface area contributed by atoms with E-state index in [9.17, 15) is 14.9 Å². The number of carbonyl (C=O) groups excluding carboxylic acids is 1. The minimum Gasteiger partial charge on any atom is -0.352 e. The lowest BCUT2D eigenvalue weighted by atomic mass is 10.1. The summed E-state index contributed by atoms with van der Waals surface area (Å²) in [7, 11) is 0. The predicted molar refractivity (Wildman–Crippen MR) is 83.1 cm³/mol. The maximum Gasteiger partial charge on any atom is 0.276 e. The highest BCUT2D eigenvalue weighted by Crippen LogP contribution is 2.18. The van der Waals surface area contributed by atoms with Crippen molar-refractivity contribution < 1.29 is 9.72 Å². The van der Waals surface area contributed by atoms with Crippen LogP contribution in [-0.2, 0) is 11.2 Å². The SMILES string of the molecule is O=C(/C=C/c1ccccc1[N+](=O)[O-])NCCc1ccccn1. The molecule has 0 saturated heterocycles. The van der Waals surface area contributed by atoms with E-state index < -0.39 is 4.92 Å². The Labute approximate surface area is 127 Å². The van der Waals surface area contributed by atoms with Crippen LogP contribution in [0.5, 0.6) is 0 Å². The second kappa shape index (κ2) is 7.68. The molecule has 22 heavy (non-hydrogen) atoms. The summed E-state index contributed by atoms with van der Waals surface area (Å²) >= 11 is 0. The highest BCUT2D eigenvalue weighted by molar-refractivity contribution is 5.92. The Balaban J connectivity index is 1.88. The van der Waals surface area contributed by atoms with Gasteiger partial charge >= 0.3 is 0 Å². The van der Waals surface area contributed by atoms with E-state index in [1.165, 1.54) is 18.2 Å². The van der Waals surface area contributed by atoms with Crippen LogP contribution in [0.1, 0.15) is 11.3 Å². The fraction of sp³-hybridized carbons (Fsp3) is 0.125. The van der Waals surface area contributed by atoms with Crippen LogP contribution in [-0.4, -0.2) is 22.4 Å². The van der Waals surface area contributed by atoms with E-state index in [-0.39, 0.29) is 11.6 Å². The zero-order chi connectivity index (χ0) is 15.8. The van der Waals surface area contributed by atoms with E-state index in [2.05, 4.69) is 10.3 Å². The molecule has 0 saturated carbocycles. The number of benzene rings is 1. The smallest absolute Gasteiger partial charge is 0.276 e. The number of hydrogen-bond donors (Lipinski definition) is 1. The minimum atomic E-state index is -0.474. The van der Waals surface area contributed by atoms with Crippen LogP contribution in [0.3, 0.4) is 0 Å². The number of rotatable bonds is 6. The molecule has 1 heterocycles. The molecule has 6 nitrogen and oxygen atoms in total. The average Bonchev–Trinajstić information content (AvgIpc) is 2.54. The van der Waals surface area contributed by atoms with Gasteiger partial charge in [-0.1, -0.05) is 18.2 Å². The van der Waals surface area contributed by atoms with E-state index in [0.717, 1.165) is 5.69 Å². The minimum absolute atomic E-state index is 0.0277. The van der Waals surface area contributed by atoms with Crippen LogP contribution in [0.25, 0.3) is 6.08 Å². The molecule has 1 N–H and O–H groups in total. The number of pyridine rings is 1. The molecule has 1 aromatic carbocycles. The van der Waals surface area contributed by atoms with Crippen molar-refractivity contribution in [3.8, 4) is 0 Å². The van der Waals surface area contributed by atoms with Gasteiger partial charge in [-0.25, -0.2) is 0 Å². The molecule has 2 aromatic rings. The summed E-state index contributed by atoms with van der Waals surface area (Å²) in [5.74, 6) is -0.297. The second-order valence-corrected chi connectivity index (χ2v) is 4.51. The summed E-state index contributed by atoms with van der Waals surface area (Å²) in [5, 5.41) is 13.6. The van der Waals surface area contributed by atoms with Gasteiger partial charge < -0.3 is 5.32 Å². The Morgan fingerprint density at radius 3 is 2.73 bits per heavy atom. The van der Waals surface area contributed by atoms with Crippen molar-refractivity contribution in [3.63, 3.8) is 0 Å². The third-order valence-corrected chi connectivity index (χ3v) is 2.95. The number of carbonyl (C=O) groups is 1. The van der Waals surface area contributed by atoms with Gasteiger partial charge in [-0.15, -0.1) is 0 Å². The predicted octanol–water partition coefficient (Wildman–Crippen LogP) is 2.36. The van der Waals surface area contributed by atoms with Crippen LogP contribution in [0.15, 0.2) is 54.7 Å². The van der Waals surface area contributed by atoms with Crippen LogP contribution < -0.4 is 5.32 Å². The van der Waals surface area contributed by atoms with Gasteiger partial charge in [0.2, 0.25) is 5.91 Å². The summed E-state index contributed by atoms with van der Waals surface area (Å²) in [6.07, 6.45) is 5.06. The number of nitro groups is 1. The lowest BCUT2D eigenvalue weighted by molar-refractivity contribution is -0.385. The molecule has 0 aliphatic rings. The first kappa shape index (κ1) is 15.4. The van der Waals surface area contributed by atoms with Gasteiger partial charge in [0.05, 0.1) is 10.5 Å². The molecular weight excluding hydrogens is 282 g/mol. The van der Waals surface area contributed by atoms with E-state index in [0.29, 0.717) is 18.5 Å². The van der Waals surface area contributed by atoms with Crippen molar-refractivity contribution in [2.45, 2.75) is 6.42 Å². The summed E-state index contributed by atoms with van der Waals surface area (Å²) in [4.78, 5) is 26.2. The van der Waals surface area contributed by atoms with Crippen LogP contribution >= 0.6 is 0 Å². The molecule has 0 atom stereocenters. The lowest BCUT2D eigenvalue weighted by Gasteiger charge is -2.02. The molecule has 0 aliphatic heterocycles. The van der Waals surface area contributed by atoms with E-state index >= 15 is 0 Å². The molecule has 6 heteroatoms. The lowest BCUT2D eigenvalue weighted by Crippen LogP contribution is -2.23. The van der Waals surface area contributed by atoms with Crippen molar-refractivity contribution in [1.82, 2.24) is 10.3 Å². The average molecular weight is 297 g/mol. The third-order valence-electron chi connectivity index (χ3n) is 2.95. The highest BCUT2D eigenvalue weighted by Gasteiger charge is 2.09. The number of nitrogens with one attached hydrogen (secondary N) is 1. The Bertz CT molecular complexity index is 684. The fourth-order valence-corrected chi connectivity index (χ4v) is 1.88. The molecule has 0 radical (unpaired) electrons. The molecule has 0 aliphatic carbocycles. The topological polar surface area (TPSA) is 85.1 Å². The summed E-state index contributed by atoms with van der Waals surface area (Å²) in [5.41, 5.74) is 1.26. The van der Waals surface area contributed by atoms with Gasteiger partial charge in [0.1, 0.15) is 0 Å². The Kier molecular flexibility index (Phi) is 5.37. The molecule has 1 amide bonds. The van der Waals surface area contributed by atoms with Crippen molar-refractivity contribution >= 4 is 17.7 Å². The molecule has 1 aromatic heterocycles. The fourth-order valence-electron chi connectivity index (χ4n) is 1.88. The van der Waals surface area contributed by atoms with Gasteiger partial charge in [0.25, 0.3) is 5.69 Å². The number of hydrogen-bond acceptors (Lipinski definition) is 4. The standard InChI is InChI=1S/C16H15N3O3/c20-16(18-12-10-14-6-3-4-11-17-14)9-8-13-5-1-2-7-15(13)19(21)22/h1-9,11H,10,12H2,(H,18,20)/b9-8+. The number of nitrogens with zero attached hydrogens (tertiary/aromatic N) is 2. The number of aromatic nitrogens is 1. The van der Waals surface area contributed by atoms with Gasteiger partial charge in [0, 0.05) is 37.0 Å². The number of amides is 1. The molecule has 2 rings (SSSR count). The van der Waals surface area contributed by atoms with Gasteiger partial charge in [-0.05, 0) is 24.3 Å². The first-order valence-corrected chi connectivity index (χ1v) is 6.76. The summed E-state index contributed by atoms with van der Waals surface area (Å²) in [6, 6.07) is 11.9. The normalized spacial score (nSPS) is 10.5. The Morgan fingerprint density at radius 1 is 1.23 bits per heavy atom. The molecular formula is C16H15N3O3. The van der Waals surface area contributed by atoms with Gasteiger partial charge in [-0.3, -0.25) is 19.9 Å². The second-order valence-electron chi connectivity index (χ2n) is 4.51. The first-order valence-electron chi connectivity index (χ1n) is 6.76. The molecule has 0 fully saturated rings. The summed E-state index contributed by atoms with van der Waals surface area (Å²) < 4.78 is 0. The monoisotopic (exact) mass is 297 g/mol. The molecule has 0 spiro atoms. The van der Waals surface area contributed by atoms with Crippen LogP contribution in [0.4, 0.5) is 5.69 Å². The highest BCUT2D eigenvalue weighted by atomic mass is 16.6. The first-order chi connectivity index (χ1) is 10.7. The van der Waals surface area contributed by atoms with Crippen molar-refractivity contribution in [1.29, 1.82) is 0 Å². The van der Waals surface area contributed by atoms with Crippen LogP contribution in [0.2, 0.25) is 0 Å². The molecule has 112 valence electrons. The largest absolute Gasteiger partial charge is 0.352 e. The Morgan fingerprint density at radius 2 is 2.00 bits per heavy atom. The number of para-hydroxylation sites is 1. The molecule has 0 unspecified atom stereocenters. The quantitative estimate of drug-likeness (QED) is 0.504. The maximum atomic E-state index is 11.7. The zero-order valence-corrected chi connectivity index (χ0v) is 11.8. The van der Waals surface area contributed by atoms with Crippen molar-refractivity contribution in [2.75, 3.05) is 6.54 Å². The van der Waals surface area contributed by atoms with E-state index in [1.807, 2.05) is 18.2 Å². The van der Waals surface area contributed by atoms with Crippen LogP contribution in [0, 0.1) is 10.1 Å². The zero-order valence-electron chi connectivity index (χ0n) is 11.8. The number of nitro benzene ring substituents is 1.